The Morgan fingerprint density at radius 1 is 1.32 bits per heavy atom. The maximum Gasteiger partial charge on any atom is 0.283 e. The minimum atomic E-state index is -0.309. The number of methoxy groups -OCH3 is 1. The van der Waals surface area contributed by atoms with Gasteiger partial charge in [0.05, 0.1) is 22.9 Å². The van der Waals surface area contributed by atoms with E-state index in [9.17, 15) is 4.79 Å². The van der Waals surface area contributed by atoms with E-state index in [1.807, 2.05) is 22.8 Å². The molecule has 1 heterocycles. The number of fused-ring (bicyclic) bond motifs is 1. The monoisotopic (exact) mass is 352 g/mol. The van der Waals surface area contributed by atoms with Crippen LogP contribution in [0.4, 0.5) is 0 Å². The third kappa shape index (κ3) is 3.28. The van der Waals surface area contributed by atoms with Crippen molar-refractivity contribution in [2.45, 2.75) is 20.4 Å². The number of hydrogen-bond donors (Lipinski definition) is 0. The van der Waals surface area contributed by atoms with E-state index in [0.29, 0.717) is 22.7 Å². The second-order valence-corrected chi connectivity index (χ2v) is 6.81. The third-order valence-electron chi connectivity index (χ3n) is 3.96. The molecular formula is C20H20N2O2S. The molecule has 5 heteroatoms. The second kappa shape index (κ2) is 7.07. The van der Waals surface area contributed by atoms with Crippen LogP contribution < -0.4 is 9.54 Å². The lowest BCUT2D eigenvalue weighted by atomic mass is 10.1. The van der Waals surface area contributed by atoms with E-state index < -0.39 is 0 Å². The average molecular weight is 352 g/mol. The normalized spacial score (nSPS) is 11.7. The van der Waals surface area contributed by atoms with Gasteiger partial charge in [0, 0.05) is 6.54 Å². The molecule has 0 radical (unpaired) electrons. The first-order valence-electron chi connectivity index (χ1n) is 7.98. The van der Waals surface area contributed by atoms with Crippen molar-refractivity contribution in [1.82, 2.24) is 4.57 Å². The van der Waals surface area contributed by atoms with Crippen LogP contribution in [0, 0.1) is 13.8 Å². The van der Waals surface area contributed by atoms with Crippen LogP contribution in [0.25, 0.3) is 10.2 Å². The molecular weight excluding hydrogens is 332 g/mol. The van der Waals surface area contributed by atoms with Crippen molar-refractivity contribution in [1.29, 1.82) is 0 Å². The van der Waals surface area contributed by atoms with Gasteiger partial charge in [-0.15, -0.1) is 6.58 Å². The molecule has 3 aromatic rings. The van der Waals surface area contributed by atoms with Gasteiger partial charge in [0.2, 0.25) is 0 Å². The van der Waals surface area contributed by atoms with E-state index in [2.05, 4.69) is 37.6 Å². The molecule has 1 aromatic heterocycles. The van der Waals surface area contributed by atoms with Crippen molar-refractivity contribution in [2.24, 2.45) is 4.99 Å². The number of rotatable bonds is 4. The summed E-state index contributed by atoms with van der Waals surface area (Å²) in [7, 11) is 1.55. The SMILES string of the molecule is C=CCn1c(=NC(=O)c2ccccc2OC)sc2c(C)cc(C)cc21. The molecule has 0 spiro atoms. The van der Waals surface area contributed by atoms with Gasteiger partial charge in [0.1, 0.15) is 5.75 Å². The van der Waals surface area contributed by atoms with E-state index in [0.717, 1.165) is 10.2 Å². The minimum absolute atomic E-state index is 0.309. The summed E-state index contributed by atoms with van der Waals surface area (Å²) in [4.78, 5) is 17.7. The second-order valence-electron chi connectivity index (χ2n) is 5.83. The summed E-state index contributed by atoms with van der Waals surface area (Å²) in [6.07, 6.45) is 1.82. The Bertz CT molecular complexity index is 1030. The van der Waals surface area contributed by atoms with E-state index >= 15 is 0 Å². The molecule has 0 aliphatic heterocycles. The van der Waals surface area contributed by atoms with Crippen molar-refractivity contribution >= 4 is 27.5 Å². The van der Waals surface area contributed by atoms with Gasteiger partial charge in [-0.25, -0.2) is 0 Å². The van der Waals surface area contributed by atoms with Crippen molar-refractivity contribution in [2.75, 3.05) is 7.11 Å². The number of nitrogens with zero attached hydrogens (tertiary/aromatic N) is 2. The Kier molecular flexibility index (Phi) is 4.86. The Balaban J connectivity index is 2.22. The van der Waals surface area contributed by atoms with Gasteiger partial charge >= 0.3 is 0 Å². The Hall–Kier alpha value is -2.66. The summed E-state index contributed by atoms with van der Waals surface area (Å²) in [6.45, 7) is 8.58. The lowest BCUT2D eigenvalue weighted by Gasteiger charge is -2.05. The van der Waals surface area contributed by atoms with Crippen molar-refractivity contribution in [3.05, 3.63) is 70.5 Å². The Labute approximate surface area is 150 Å². The van der Waals surface area contributed by atoms with Crippen LogP contribution in [-0.2, 0) is 6.54 Å². The number of carbonyl (C=O) groups is 1. The van der Waals surface area contributed by atoms with Gasteiger partial charge in [0.25, 0.3) is 5.91 Å². The minimum Gasteiger partial charge on any atom is -0.496 e. The molecule has 2 aromatic carbocycles. The predicted molar refractivity (Wildman–Crippen MR) is 102 cm³/mol. The first-order valence-corrected chi connectivity index (χ1v) is 8.80. The molecule has 1 amide bonds. The fraction of sp³-hybridized carbons (Fsp3) is 0.200. The van der Waals surface area contributed by atoms with Gasteiger partial charge < -0.3 is 9.30 Å². The van der Waals surface area contributed by atoms with Crippen LogP contribution in [0.15, 0.2) is 54.0 Å². The number of benzene rings is 2. The van der Waals surface area contributed by atoms with Gasteiger partial charge in [-0.05, 0) is 43.2 Å². The number of thiazole rings is 1. The predicted octanol–water partition coefficient (Wildman–Crippen LogP) is 4.26. The highest BCUT2D eigenvalue weighted by Gasteiger charge is 2.13. The maximum atomic E-state index is 12.7. The summed E-state index contributed by atoms with van der Waals surface area (Å²) in [5.74, 6) is 0.218. The van der Waals surface area contributed by atoms with Crippen LogP contribution in [-0.4, -0.2) is 17.6 Å². The van der Waals surface area contributed by atoms with E-state index in [-0.39, 0.29) is 5.91 Å². The molecule has 0 aliphatic carbocycles. The molecule has 128 valence electrons. The topological polar surface area (TPSA) is 43.6 Å². The first kappa shape index (κ1) is 17.2. The lowest BCUT2D eigenvalue weighted by molar-refractivity contribution is 0.0995. The summed E-state index contributed by atoms with van der Waals surface area (Å²) in [5.41, 5.74) is 3.90. The number of amides is 1. The number of hydrogen-bond acceptors (Lipinski definition) is 3. The molecule has 0 bridgehead atoms. The fourth-order valence-electron chi connectivity index (χ4n) is 2.87. The maximum absolute atomic E-state index is 12.7. The number of aryl methyl sites for hydroxylation is 2. The molecule has 4 nitrogen and oxygen atoms in total. The highest BCUT2D eigenvalue weighted by molar-refractivity contribution is 7.16. The van der Waals surface area contributed by atoms with E-state index in [1.54, 1.807) is 19.2 Å². The molecule has 0 unspecified atom stereocenters. The number of para-hydroxylation sites is 1. The van der Waals surface area contributed by atoms with E-state index in [1.165, 1.54) is 22.5 Å². The average Bonchev–Trinajstić information content (AvgIpc) is 2.93. The zero-order valence-electron chi connectivity index (χ0n) is 14.6. The van der Waals surface area contributed by atoms with Crippen LogP contribution in [0.1, 0.15) is 21.5 Å². The van der Waals surface area contributed by atoms with Gasteiger partial charge in [-0.2, -0.15) is 4.99 Å². The van der Waals surface area contributed by atoms with Gasteiger partial charge in [0.15, 0.2) is 4.80 Å². The third-order valence-corrected chi connectivity index (χ3v) is 5.19. The fourth-order valence-corrected chi connectivity index (χ4v) is 3.96. The molecule has 0 fully saturated rings. The molecule has 0 saturated heterocycles. The van der Waals surface area contributed by atoms with Gasteiger partial charge in [-0.3, -0.25) is 4.79 Å². The van der Waals surface area contributed by atoms with Crippen LogP contribution in [0.5, 0.6) is 5.75 Å². The molecule has 0 atom stereocenters. The molecule has 0 N–H and O–H groups in total. The standard InChI is InChI=1S/C20H20N2O2S/c1-5-10-22-16-12-13(2)11-14(3)18(16)25-20(22)21-19(23)15-8-6-7-9-17(15)24-4/h5-9,11-12H,1,10H2,2-4H3. The molecule has 3 rings (SSSR count). The number of ether oxygens (including phenoxy) is 1. The molecule has 25 heavy (non-hydrogen) atoms. The van der Waals surface area contributed by atoms with Gasteiger partial charge in [-0.1, -0.05) is 35.6 Å². The summed E-state index contributed by atoms with van der Waals surface area (Å²) in [5, 5.41) is 0. The van der Waals surface area contributed by atoms with E-state index in [4.69, 9.17) is 4.74 Å². The summed E-state index contributed by atoms with van der Waals surface area (Å²) in [6, 6.07) is 11.4. The van der Waals surface area contributed by atoms with Crippen molar-refractivity contribution < 1.29 is 9.53 Å². The number of aromatic nitrogens is 1. The summed E-state index contributed by atoms with van der Waals surface area (Å²) >= 11 is 1.52. The largest absolute Gasteiger partial charge is 0.496 e. The number of carbonyl (C=O) groups excluding carboxylic acids is 1. The smallest absolute Gasteiger partial charge is 0.283 e. The summed E-state index contributed by atoms with van der Waals surface area (Å²) < 4.78 is 8.44. The van der Waals surface area contributed by atoms with Crippen LogP contribution in [0.3, 0.4) is 0 Å². The Morgan fingerprint density at radius 2 is 2.08 bits per heavy atom. The number of allylic oxidation sites excluding steroid dienone is 1. The van der Waals surface area contributed by atoms with Crippen LogP contribution >= 0.6 is 11.3 Å². The first-order chi connectivity index (χ1) is 12.0. The molecule has 0 aliphatic rings. The Morgan fingerprint density at radius 3 is 2.80 bits per heavy atom. The lowest BCUT2D eigenvalue weighted by Crippen LogP contribution is -2.16. The highest BCUT2D eigenvalue weighted by atomic mass is 32.1. The zero-order chi connectivity index (χ0) is 18.0. The quantitative estimate of drug-likeness (QED) is 0.659. The zero-order valence-corrected chi connectivity index (χ0v) is 15.4. The highest BCUT2D eigenvalue weighted by Crippen LogP contribution is 2.24. The van der Waals surface area contributed by atoms with Crippen molar-refractivity contribution in [3.63, 3.8) is 0 Å². The van der Waals surface area contributed by atoms with Crippen LogP contribution in [0.2, 0.25) is 0 Å². The molecule has 0 saturated carbocycles. The van der Waals surface area contributed by atoms with Crippen molar-refractivity contribution in [3.8, 4) is 5.75 Å².